The number of nitro benzene ring substituents is 1. The predicted octanol–water partition coefficient (Wildman–Crippen LogP) is 2.63. The summed E-state index contributed by atoms with van der Waals surface area (Å²) in [6.45, 7) is 0. The second kappa shape index (κ2) is 11.0. The average molecular weight is 434 g/mol. The van der Waals surface area contributed by atoms with Gasteiger partial charge in [-0.3, -0.25) is 30.6 Å². The number of rotatable bonds is 8. The SMILES string of the molecule is O=C(CC(=O)NNC(=S)Nc1ccc([N+](=O)[O-])cc1)CC(S)Nc1ccccc1. The van der Waals surface area contributed by atoms with Crippen LogP contribution in [0.1, 0.15) is 12.8 Å². The van der Waals surface area contributed by atoms with Gasteiger partial charge in [-0.25, -0.2) is 0 Å². The van der Waals surface area contributed by atoms with Gasteiger partial charge in [-0.2, -0.15) is 12.6 Å². The summed E-state index contributed by atoms with van der Waals surface area (Å²) >= 11 is 9.33. The van der Waals surface area contributed by atoms with Crippen LogP contribution < -0.4 is 21.5 Å². The maximum absolute atomic E-state index is 12.0. The smallest absolute Gasteiger partial charge is 0.269 e. The van der Waals surface area contributed by atoms with Crippen LogP contribution in [0.2, 0.25) is 0 Å². The van der Waals surface area contributed by atoms with Crippen LogP contribution >= 0.6 is 24.8 Å². The van der Waals surface area contributed by atoms with Crippen LogP contribution in [0.25, 0.3) is 0 Å². The number of carbonyl (C=O) groups is 2. The normalized spacial score (nSPS) is 11.1. The van der Waals surface area contributed by atoms with E-state index in [1.54, 1.807) is 0 Å². The minimum absolute atomic E-state index is 0.0505. The molecule has 0 aliphatic heterocycles. The maximum atomic E-state index is 12.0. The average Bonchev–Trinajstić information content (AvgIpc) is 2.67. The van der Waals surface area contributed by atoms with Crippen molar-refractivity contribution in [2.75, 3.05) is 10.6 Å². The number of Topliss-reactive ketones (excluding diaryl/α,β-unsaturated/α-hetero) is 1. The van der Waals surface area contributed by atoms with E-state index < -0.39 is 16.2 Å². The molecule has 0 aromatic heterocycles. The Balaban J connectivity index is 1.69. The maximum Gasteiger partial charge on any atom is 0.269 e. The number of hydrogen-bond acceptors (Lipinski definition) is 7. The Morgan fingerprint density at radius 2 is 1.69 bits per heavy atom. The number of ketones is 1. The van der Waals surface area contributed by atoms with Gasteiger partial charge >= 0.3 is 0 Å². The van der Waals surface area contributed by atoms with Crippen molar-refractivity contribution in [2.24, 2.45) is 0 Å². The fourth-order valence-corrected chi connectivity index (χ4v) is 2.77. The summed E-state index contributed by atoms with van der Waals surface area (Å²) in [5.41, 5.74) is 6.07. The highest BCUT2D eigenvalue weighted by atomic mass is 32.1. The molecule has 0 bridgehead atoms. The van der Waals surface area contributed by atoms with E-state index in [9.17, 15) is 19.7 Å². The summed E-state index contributed by atoms with van der Waals surface area (Å²) in [6, 6.07) is 14.9. The number of anilines is 2. The molecule has 2 aromatic rings. The topological polar surface area (TPSA) is 125 Å². The van der Waals surface area contributed by atoms with Crippen molar-refractivity contribution in [1.82, 2.24) is 10.9 Å². The number of amides is 1. The van der Waals surface area contributed by atoms with Gasteiger partial charge in [0.05, 0.1) is 16.7 Å². The van der Waals surface area contributed by atoms with E-state index in [4.69, 9.17) is 12.2 Å². The highest BCUT2D eigenvalue weighted by molar-refractivity contribution is 7.81. The quantitative estimate of drug-likeness (QED) is 0.107. The highest BCUT2D eigenvalue weighted by Crippen LogP contribution is 2.15. The van der Waals surface area contributed by atoms with Gasteiger partial charge in [0.25, 0.3) is 5.69 Å². The van der Waals surface area contributed by atoms with E-state index in [0.29, 0.717) is 5.69 Å². The van der Waals surface area contributed by atoms with E-state index in [-0.39, 0.29) is 29.4 Å². The first kappa shape index (κ1) is 22.1. The number of nitrogens with zero attached hydrogens (tertiary/aromatic N) is 1. The molecule has 29 heavy (non-hydrogen) atoms. The molecule has 152 valence electrons. The monoisotopic (exact) mass is 433 g/mol. The molecule has 0 aliphatic rings. The van der Waals surface area contributed by atoms with Crippen LogP contribution in [0.3, 0.4) is 0 Å². The molecule has 1 unspecified atom stereocenters. The fourth-order valence-electron chi connectivity index (χ4n) is 2.24. The Bertz CT molecular complexity index is 878. The van der Waals surface area contributed by atoms with Gasteiger partial charge in [0.1, 0.15) is 5.78 Å². The lowest BCUT2D eigenvalue weighted by Gasteiger charge is -2.14. The van der Waals surface area contributed by atoms with Crippen LogP contribution in [0, 0.1) is 10.1 Å². The minimum Gasteiger partial charge on any atom is -0.373 e. The van der Waals surface area contributed by atoms with E-state index in [2.05, 4.69) is 34.1 Å². The fraction of sp³-hybridized carbons (Fsp3) is 0.167. The lowest BCUT2D eigenvalue weighted by molar-refractivity contribution is -0.384. The van der Waals surface area contributed by atoms with Gasteiger partial charge in [-0.05, 0) is 36.5 Å². The molecule has 2 aromatic carbocycles. The molecule has 9 nitrogen and oxygen atoms in total. The molecule has 0 saturated heterocycles. The van der Waals surface area contributed by atoms with Gasteiger partial charge in [0, 0.05) is 29.9 Å². The number of non-ortho nitro benzene ring substituents is 1. The molecule has 2 rings (SSSR count). The van der Waals surface area contributed by atoms with Crippen molar-refractivity contribution in [3.8, 4) is 0 Å². The van der Waals surface area contributed by atoms with Crippen LogP contribution in [0.15, 0.2) is 54.6 Å². The van der Waals surface area contributed by atoms with Crippen molar-refractivity contribution in [2.45, 2.75) is 18.2 Å². The molecular formula is C18H19N5O4S2. The zero-order chi connectivity index (χ0) is 21.2. The zero-order valence-corrected chi connectivity index (χ0v) is 16.8. The lowest BCUT2D eigenvalue weighted by Crippen LogP contribution is -2.44. The molecular weight excluding hydrogens is 414 g/mol. The first-order chi connectivity index (χ1) is 13.8. The van der Waals surface area contributed by atoms with Crippen molar-refractivity contribution in [1.29, 1.82) is 0 Å². The zero-order valence-electron chi connectivity index (χ0n) is 15.1. The Morgan fingerprint density at radius 1 is 1.03 bits per heavy atom. The van der Waals surface area contributed by atoms with Crippen LogP contribution in [0.5, 0.6) is 0 Å². The number of hydrogen-bond donors (Lipinski definition) is 5. The van der Waals surface area contributed by atoms with E-state index in [1.807, 2.05) is 30.3 Å². The number of nitrogens with one attached hydrogen (secondary N) is 4. The van der Waals surface area contributed by atoms with Crippen molar-refractivity contribution >= 4 is 58.7 Å². The number of carbonyl (C=O) groups excluding carboxylic acids is 2. The Morgan fingerprint density at radius 3 is 2.31 bits per heavy atom. The number of nitro groups is 1. The minimum atomic E-state index is -0.553. The molecule has 0 saturated carbocycles. The molecule has 0 heterocycles. The van der Waals surface area contributed by atoms with E-state index in [0.717, 1.165) is 5.69 Å². The standard InChI is InChI=1S/C18H19N5O4S2/c24-15(11-17(28)19-12-4-2-1-3-5-12)10-16(25)21-22-18(29)20-13-6-8-14(9-7-13)23(26)27/h1-9,17,19,28H,10-11H2,(H,21,25)(H2,20,22,29). The van der Waals surface area contributed by atoms with Crippen molar-refractivity contribution in [3.63, 3.8) is 0 Å². The van der Waals surface area contributed by atoms with Gasteiger partial charge in [-0.1, -0.05) is 18.2 Å². The van der Waals surface area contributed by atoms with Gasteiger partial charge in [-0.15, -0.1) is 0 Å². The molecule has 11 heteroatoms. The number of thiol groups is 1. The Kier molecular flexibility index (Phi) is 8.37. The largest absolute Gasteiger partial charge is 0.373 e. The second-order valence-electron chi connectivity index (χ2n) is 5.88. The van der Waals surface area contributed by atoms with Gasteiger partial charge in [0.15, 0.2) is 5.11 Å². The Hall–Kier alpha value is -3.18. The highest BCUT2D eigenvalue weighted by Gasteiger charge is 2.14. The molecule has 0 radical (unpaired) electrons. The second-order valence-corrected chi connectivity index (χ2v) is 6.91. The van der Waals surface area contributed by atoms with E-state index in [1.165, 1.54) is 24.3 Å². The predicted molar refractivity (Wildman–Crippen MR) is 118 cm³/mol. The summed E-state index contributed by atoms with van der Waals surface area (Å²) in [7, 11) is 0. The van der Waals surface area contributed by atoms with Crippen molar-refractivity contribution in [3.05, 3.63) is 64.7 Å². The number of hydrazine groups is 1. The third kappa shape index (κ3) is 8.15. The van der Waals surface area contributed by atoms with Crippen LogP contribution in [-0.4, -0.2) is 27.1 Å². The van der Waals surface area contributed by atoms with E-state index >= 15 is 0 Å². The number of para-hydroxylation sites is 1. The lowest BCUT2D eigenvalue weighted by atomic mass is 10.2. The molecule has 0 fully saturated rings. The molecule has 0 spiro atoms. The first-order valence-electron chi connectivity index (χ1n) is 8.45. The molecule has 0 aliphatic carbocycles. The molecule has 1 atom stereocenters. The summed E-state index contributed by atoms with van der Waals surface area (Å²) < 4.78 is 0. The van der Waals surface area contributed by atoms with Gasteiger partial charge < -0.3 is 10.6 Å². The summed E-state index contributed by atoms with van der Waals surface area (Å²) in [5, 5.41) is 16.1. The summed E-state index contributed by atoms with van der Waals surface area (Å²) in [6.07, 6.45) is -0.266. The molecule has 4 N–H and O–H groups in total. The van der Waals surface area contributed by atoms with Crippen LogP contribution in [-0.2, 0) is 9.59 Å². The first-order valence-corrected chi connectivity index (χ1v) is 9.37. The third-order valence-electron chi connectivity index (χ3n) is 3.54. The third-order valence-corrected chi connectivity index (χ3v) is 4.05. The van der Waals surface area contributed by atoms with Crippen molar-refractivity contribution < 1.29 is 14.5 Å². The Labute approximate surface area is 177 Å². The summed E-state index contributed by atoms with van der Waals surface area (Å²) in [4.78, 5) is 34.0. The summed E-state index contributed by atoms with van der Waals surface area (Å²) in [5.74, 6) is -0.843. The number of thiocarbonyl (C=S) groups is 1. The molecule has 1 amide bonds. The number of benzene rings is 2. The van der Waals surface area contributed by atoms with Crippen LogP contribution in [0.4, 0.5) is 17.1 Å². The van der Waals surface area contributed by atoms with Gasteiger partial charge in [0.2, 0.25) is 5.91 Å².